The number of halogens is 5. The molecule has 0 heterocycles. The van der Waals surface area contributed by atoms with Crippen molar-refractivity contribution in [1.82, 2.24) is 0 Å². The fourth-order valence-corrected chi connectivity index (χ4v) is 5.83. The smallest absolute Gasteiger partial charge is 0.399 e. The topological polar surface area (TPSA) is 9.23 Å². The third-order valence-corrected chi connectivity index (χ3v) is 7.64. The van der Waals surface area contributed by atoms with E-state index in [0.29, 0.717) is 11.5 Å². The van der Waals surface area contributed by atoms with Crippen LogP contribution in [-0.2, 0) is 0 Å². The summed E-state index contributed by atoms with van der Waals surface area (Å²) in [5.41, 5.74) is 0.440. The van der Waals surface area contributed by atoms with Gasteiger partial charge >= 0.3 is 6.36 Å². The summed E-state index contributed by atoms with van der Waals surface area (Å²) in [6.07, 6.45) is 14.5. The first-order valence-corrected chi connectivity index (χ1v) is 12.7. The van der Waals surface area contributed by atoms with Crippen LogP contribution >= 0.6 is 0 Å². The van der Waals surface area contributed by atoms with Gasteiger partial charge in [0.2, 0.25) is 5.75 Å². The van der Waals surface area contributed by atoms with Crippen molar-refractivity contribution in [2.24, 2.45) is 17.8 Å². The zero-order valence-corrected chi connectivity index (χ0v) is 19.6. The number of hydrogen-bond donors (Lipinski definition) is 0. The van der Waals surface area contributed by atoms with E-state index in [4.69, 9.17) is 0 Å². The summed E-state index contributed by atoms with van der Waals surface area (Å²) >= 11 is 0. The van der Waals surface area contributed by atoms with E-state index in [1.807, 2.05) is 0 Å². The lowest BCUT2D eigenvalue weighted by molar-refractivity contribution is -0.276. The molecule has 6 heteroatoms. The first-order valence-electron chi connectivity index (χ1n) is 12.7. The van der Waals surface area contributed by atoms with Gasteiger partial charge in [-0.1, -0.05) is 44.8 Å². The average molecular weight is 473 g/mol. The maximum absolute atomic E-state index is 14.1. The number of ether oxygens (including phenoxy) is 1. The summed E-state index contributed by atoms with van der Waals surface area (Å²) < 4.78 is 68.8. The number of benzene rings is 1. The van der Waals surface area contributed by atoms with Crippen LogP contribution in [0.2, 0.25) is 0 Å². The molecule has 0 spiro atoms. The Morgan fingerprint density at radius 3 is 1.94 bits per heavy atom. The van der Waals surface area contributed by atoms with Crippen LogP contribution in [0.3, 0.4) is 0 Å². The second-order valence-corrected chi connectivity index (χ2v) is 9.94. The van der Waals surface area contributed by atoms with Crippen molar-refractivity contribution in [2.45, 2.75) is 103 Å². The maximum Gasteiger partial charge on any atom is 0.573 e. The van der Waals surface area contributed by atoms with Crippen molar-refractivity contribution in [2.75, 3.05) is 0 Å². The Kier molecular flexibility index (Phi) is 9.63. The summed E-state index contributed by atoms with van der Waals surface area (Å²) in [5, 5.41) is 0. The van der Waals surface area contributed by atoms with E-state index in [-0.39, 0.29) is 5.92 Å². The summed E-state index contributed by atoms with van der Waals surface area (Å²) in [6.45, 7) is 2.20. The van der Waals surface area contributed by atoms with Crippen LogP contribution in [0.15, 0.2) is 24.3 Å². The van der Waals surface area contributed by atoms with Gasteiger partial charge in [0.15, 0.2) is 11.6 Å². The van der Waals surface area contributed by atoms with Gasteiger partial charge in [0.05, 0.1) is 0 Å². The minimum atomic E-state index is -5.12. The maximum atomic E-state index is 14.1. The standard InChI is InChI=1S/C27H37F5O/c1-2-3-4-5-6-7-8-19-9-11-20(12-10-19)21-13-15-22(16-14-21)23-17-24(28)26(25(29)18-23)33-27(30,31)32/h4-5,17-22H,2-3,6-16H2,1H3. The van der Waals surface area contributed by atoms with Gasteiger partial charge in [0.1, 0.15) is 0 Å². The summed E-state index contributed by atoms with van der Waals surface area (Å²) in [6, 6.07) is 2.02. The van der Waals surface area contributed by atoms with Gasteiger partial charge in [-0.3, -0.25) is 0 Å². The van der Waals surface area contributed by atoms with Crippen molar-refractivity contribution in [3.63, 3.8) is 0 Å². The molecule has 1 nitrogen and oxygen atoms in total. The van der Waals surface area contributed by atoms with Crippen LogP contribution in [0.4, 0.5) is 22.0 Å². The monoisotopic (exact) mass is 472 g/mol. The zero-order valence-electron chi connectivity index (χ0n) is 19.6. The summed E-state index contributed by atoms with van der Waals surface area (Å²) in [7, 11) is 0. The van der Waals surface area contributed by atoms with Crippen LogP contribution in [0.25, 0.3) is 0 Å². The molecule has 0 unspecified atom stereocenters. The molecule has 0 saturated heterocycles. The molecule has 0 aliphatic heterocycles. The molecule has 1 aromatic carbocycles. The fourth-order valence-electron chi connectivity index (χ4n) is 5.83. The second-order valence-electron chi connectivity index (χ2n) is 9.94. The van der Waals surface area contributed by atoms with Gasteiger partial charge in [-0.05, 0) is 99.2 Å². The molecule has 2 aliphatic rings. The number of alkyl halides is 3. The van der Waals surface area contributed by atoms with Crippen LogP contribution in [0, 0.1) is 29.4 Å². The van der Waals surface area contributed by atoms with Gasteiger partial charge in [-0.25, -0.2) is 8.78 Å². The molecule has 0 amide bonds. The molecule has 0 radical (unpaired) electrons. The van der Waals surface area contributed by atoms with Gasteiger partial charge < -0.3 is 4.74 Å². The Balaban J connectivity index is 1.42. The van der Waals surface area contributed by atoms with Gasteiger partial charge in [-0.2, -0.15) is 0 Å². The Bertz CT molecular complexity index is 733. The Morgan fingerprint density at radius 2 is 1.39 bits per heavy atom. The van der Waals surface area contributed by atoms with E-state index in [1.54, 1.807) is 0 Å². The molecule has 186 valence electrons. The van der Waals surface area contributed by atoms with E-state index in [2.05, 4.69) is 23.8 Å². The second kappa shape index (κ2) is 12.2. The lowest BCUT2D eigenvalue weighted by Crippen LogP contribution is -2.25. The third-order valence-electron chi connectivity index (χ3n) is 7.64. The van der Waals surface area contributed by atoms with Gasteiger partial charge in [0.25, 0.3) is 0 Å². The molecule has 2 aliphatic carbocycles. The lowest BCUT2D eigenvalue weighted by atomic mass is 9.68. The number of rotatable bonds is 9. The Morgan fingerprint density at radius 1 is 0.848 bits per heavy atom. The van der Waals surface area contributed by atoms with E-state index in [9.17, 15) is 22.0 Å². The minimum absolute atomic E-state index is 0.0118. The molecule has 33 heavy (non-hydrogen) atoms. The van der Waals surface area contributed by atoms with E-state index in [1.165, 1.54) is 57.8 Å². The highest BCUT2D eigenvalue weighted by Gasteiger charge is 2.35. The number of unbranched alkanes of at least 4 members (excludes halogenated alkanes) is 2. The Hall–Kier alpha value is -1.59. The van der Waals surface area contributed by atoms with Crippen LogP contribution < -0.4 is 4.74 Å². The van der Waals surface area contributed by atoms with E-state index < -0.39 is 23.7 Å². The highest BCUT2D eigenvalue weighted by molar-refractivity contribution is 5.33. The van der Waals surface area contributed by atoms with Gasteiger partial charge in [0, 0.05) is 0 Å². The normalized spacial score (nSPS) is 26.6. The number of allylic oxidation sites excluding steroid dienone is 2. The quantitative estimate of drug-likeness (QED) is 0.198. The summed E-state index contributed by atoms with van der Waals surface area (Å²) in [5.74, 6) is -1.71. The van der Waals surface area contributed by atoms with E-state index in [0.717, 1.165) is 49.7 Å². The SMILES string of the molecule is CCCC=CCCCC1CCC(C2CCC(c3cc(F)c(OC(F)(F)F)c(F)c3)CC2)CC1. The highest BCUT2D eigenvalue weighted by Crippen LogP contribution is 2.45. The average Bonchev–Trinajstić information content (AvgIpc) is 2.78. The zero-order chi connectivity index (χ0) is 23.8. The lowest BCUT2D eigenvalue weighted by Gasteiger charge is -2.38. The molecule has 2 fully saturated rings. The fraction of sp³-hybridized carbons (Fsp3) is 0.704. The molecular weight excluding hydrogens is 435 g/mol. The highest BCUT2D eigenvalue weighted by atomic mass is 19.4. The van der Waals surface area contributed by atoms with Crippen molar-refractivity contribution < 1.29 is 26.7 Å². The third kappa shape index (κ3) is 7.99. The molecular formula is C27H37F5O. The van der Waals surface area contributed by atoms with Crippen LogP contribution in [0.5, 0.6) is 5.75 Å². The summed E-state index contributed by atoms with van der Waals surface area (Å²) in [4.78, 5) is 0. The molecule has 0 aromatic heterocycles. The van der Waals surface area contributed by atoms with E-state index >= 15 is 0 Å². The van der Waals surface area contributed by atoms with Crippen LogP contribution in [-0.4, -0.2) is 6.36 Å². The van der Waals surface area contributed by atoms with Crippen molar-refractivity contribution >= 4 is 0 Å². The molecule has 1 aromatic rings. The minimum Gasteiger partial charge on any atom is -0.399 e. The molecule has 0 N–H and O–H groups in total. The predicted octanol–water partition coefficient (Wildman–Crippen LogP) is 9.47. The predicted molar refractivity (Wildman–Crippen MR) is 121 cm³/mol. The Labute approximate surface area is 194 Å². The van der Waals surface area contributed by atoms with Gasteiger partial charge in [-0.15, -0.1) is 13.2 Å². The molecule has 3 rings (SSSR count). The molecule has 0 atom stereocenters. The molecule has 0 bridgehead atoms. The first-order chi connectivity index (χ1) is 15.8. The van der Waals surface area contributed by atoms with Crippen LogP contribution in [0.1, 0.15) is 102 Å². The van der Waals surface area contributed by atoms with Crippen molar-refractivity contribution in [3.05, 3.63) is 41.5 Å². The van der Waals surface area contributed by atoms with Crippen molar-refractivity contribution in [3.8, 4) is 5.75 Å². The molecule has 2 saturated carbocycles. The van der Waals surface area contributed by atoms with Crippen molar-refractivity contribution in [1.29, 1.82) is 0 Å². The first kappa shape index (κ1) is 26.0. The largest absolute Gasteiger partial charge is 0.573 e. The number of hydrogen-bond acceptors (Lipinski definition) is 1.